The lowest BCUT2D eigenvalue weighted by molar-refractivity contribution is 0.0934. The van der Waals surface area contributed by atoms with Crippen LogP contribution in [0, 0.1) is 0 Å². The van der Waals surface area contributed by atoms with Gasteiger partial charge in [0, 0.05) is 37.6 Å². The highest BCUT2D eigenvalue weighted by Gasteiger charge is 2.29. The summed E-state index contributed by atoms with van der Waals surface area (Å²) in [6, 6.07) is 13.6. The lowest BCUT2D eigenvalue weighted by atomic mass is 10.1. The Kier molecular flexibility index (Phi) is 9.58. The van der Waals surface area contributed by atoms with Gasteiger partial charge in [-0.25, -0.2) is 29.3 Å². The van der Waals surface area contributed by atoms with Crippen molar-refractivity contribution in [1.82, 2.24) is 39.2 Å². The van der Waals surface area contributed by atoms with E-state index in [0.717, 1.165) is 0 Å². The third kappa shape index (κ3) is 7.75. The number of amides is 4. The van der Waals surface area contributed by atoms with Crippen LogP contribution in [0.5, 0.6) is 0 Å². The molecule has 3 heterocycles. The molecule has 1 saturated heterocycles. The van der Waals surface area contributed by atoms with Crippen LogP contribution in [0.3, 0.4) is 0 Å². The second-order valence-electron chi connectivity index (χ2n) is 11.4. The van der Waals surface area contributed by atoms with E-state index in [1.807, 2.05) is 24.3 Å². The first kappa shape index (κ1) is 32.5. The first-order valence-electron chi connectivity index (χ1n) is 15.3. The van der Waals surface area contributed by atoms with Crippen LogP contribution in [0.25, 0.3) is 10.9 Å². The van der Waals surface area contributed by atoms with Gasteiger partial charge in [-0.15, -0.1) is 0 Å². The number of nitrogens with zero attached hydrogens (tertiary/aromatic N) is 5. The fourth-order valence-electron chi connectivity index (χ4n) is 5.78. The topological polar surface area (TPSA) is 207 Å². The third-order valence-electron chi connectivity index (χ3n) is 8.14. The lowest BCUT2D eigenvalue weighted by Crippen LogP contribution is -2.51. The average Bonchev–Trinajstić information content (AvgIpc) is 3.48. The van der Waals surface area contributed by atoms with E-state index in [1.54, 1.807) is 29.0 Å². The number of anilines is 1. The van der Waals surface area contributed by atoms with E-state index >= 15 is 0 Å². The Hall–Kier alpha value is -5.42. The first-order valence-corrected chi connectivity index (χ1v) is 16.8. The quantitative estimate of drug-likeness (QED) is 0.200. The fourth-order valence-corrected chi connectivity index (χ4v) is 6.79. The molecule has 1 aliphatic carbocycles. The molecule has 1 aliphatic heterocycles. The van der Waals surface area contributed by atoms with Crippen LogP contribution >= 0.6 is 0 Å². The van der Waals surface area contributed by atoms with Crippen molar-refractivity contribution in [3.05, 3.63) is 94.4 Å². The predicted octanol–water partition coefficient (Wildman–Crippen LogP) is 1.34. The molecule has 4 aromatic rings. The maximum absolute atomic E-state index is 13.1. The van der Waals surface area contributed by atoms with Crippen molar-refractivity contribution in [2.45, 2.75) is 44.3 Å². The molecule has 1 fully saturated rings. The number of fused-ring (bicyclic) bond motifs is 2. The summed E-state index contributed by atoms with van der Waals surface area (Å²) in [5.41, 5.74) is 2.57. The molecule has 0 atom stereocenters. The number of para-hydroxylation sites is 1. The van der Waals surface area contributed by atoms with Crippen molar-refractivity contribution < 1.29 is 27.5 Å². The first-order chi connectivity index (χ1) is 23.1. The van der Waals surface area contributed by atoms with Crippen LogP contribution in [0.4, 0.5) is 15.4 Å². The van der Waals surface area contributed by atoms with Crippen LogP contribution in [-0.2, 0) is 34.3 Å². The molecule has 16 nitrogen and oxygen atoms in total. The third-order valence-corrected chi connectivity index (χ3v) is 9.22. The number of aromatic nitrogens is 4. The molecule has 0 bridgehead atoms. The van der Waals surface area contributed by atoms with E-state index in [9.17, 15) is 27.6 Å². The minimum Gasteiger partial charge on any atom is -0.447 e. The smallest absolute Gasteiger partial charge is 0.421 e. The molecule has 2 aromatic carbocycles. The van der Waals surface area contributed by atoms with Crippen LogP contribution in [-0.4, -0.2) is 82.6 Å². The Morgan fingerprint density at radius 1 is 0.896 bits per heavy atom. The number of piperidine rings is 1. The number of nitrogens with one attached hydrogen (secondary N) is 4. The molecule has 4 amide bonds. The predicted molar refractivity (Wildman–Crippen MR) is 173 cm³/mol. The highest BCUT2D eigenvalue weighted by Crippen LogP contribution is 2.22. The standard InChI is InChI=1S/C31H33N9O7S/c41-28(35-23-17-20-5-1-2-6-21(20)18-23)26-27(33-12-11-32-26)36-30(43)39-13-9-22(10-14-39)37-48(45,46)38-31(44)47-16-15-40-19-34-25-8-4-3-7-24(25)29(40)42/h1-8,11-12,19,22-23,37H,9-10,13-18H2,(H,35,41)(H,38,44)(H,33,36,43). The minimum absolute atomic E-state index is 0.0107. The van der Waals surface area contributed by atoms with Gasteiger partial charge in [-0.05, 0) is 48.9 Å². The van der Waals surface area contributed by atoms with Crippen LogP contribution in [0.15, 0.2) is 72.0 Å². The van der Waals surface area contributed by atoms with Gasteiger partial charge in [0.05, 0.1) is 23.8 Å². The van der Waals surface area contributed by atoms with Crippen molar-refractivity contribution in [2.24, 2.45) is 0 Å². The van der Waals surface area contributed by atoms with Crippen molar-refractivity contribution in [3.8, 4) is 0 Å². The maximum atomic E-state index is 13.1. The molecule has 2 aliphatic rings. The summed E-state index contributed by atoms with van der Waals surface area (Å²) in [6.07, 6.45) is 4.79. The summed E-state index contributed by atoms with van der Waals surface area (Å²) < 4.78 is 35.5. The Bertz CT molecular complexity index is 1990. The molecule has 17 heteroatoms. The van der Waals surface area contributed by atoms with Crippen LogP contribution in [0.1, 0.15) is 34.5 Å². The minimum atomic E-state index is -4.28. The van der Waals surface area contributed by atoms with Gasteiger partial charge in [-0.3, -0.25) is 19.5 Å². The normalized spacial score (nSPS) is 15.1. The molecule has 250 valence electrons. The van der Waals surface area contributed by atoms with Gasteiger partial charge in [0.25, 0.3) is 11.5 Å². The Morgan fingerprint density at radius 2 is 1.58 bits per heavy atom. The van der Waals surface area contributed by atoms with Gasteiger partial charge in [0.2, 0.25) is 0 Å². The van der Waals surface area contributed by atoms with Gasteiger partial charge in [0.1, 0.15) is 6.61 Å². The average molecular weight is 676 g/mol. The van der Waals surface area contributed by atoms with Gasteiger partial charge in [0.15, 0.2) is 11.5 Å². The summed E-state index contributed by atoms with van der Waals surface area (Å²) >= 11 is 0. The highest BCUT2D eigenvalue weighted by molar-refractivity contribution is 7.88. The molecule has 4 N–H and O–H groups in total. The highest BCUT2D eigenvalue weighted by atomic mass is 32.2. The van der Waals surface area contributed by atoms with Crippen molar-refractivity contribution in [3.63, 3.8) is 0 Å². The molecule has 48 heavy (non-hydrogen) atoms. The van der Waals surface area contributed by atoms with E-state index < -0.39 is 34.3 Å². The number of rotatable bonds is 9. The van der Waals surface area contributed by atoms with E-state index in [4.69, 9.17) is 4.74 Å². The molecule has 2 aromatic heterocycles. The number of carbonyl (C=O) groups is 3. The summed E-state index contributed by atoms with van der Waals surface area (Å²) in [7, 11) is -4.28. The van der Waals surface area contributed by atoms with Crippen molar-refractivity contribution in [2.75, 3.05) is 25.0 Å². The van der Waals surface area contributed by atoms with Gasteiger partial charge in [-0.1, -0.05) is 36.4 Å². The van der Waals surface area contributed by atoms with E-state index in [-0.39, 0.29) is 62.2 Å². The number of hydrogen-bond donors (Lipinski definition) is 4. The zero-order valence-corrected chi connectivity index (χ0v) is 26.5. The van der Waals surface area contributed by atoms with E-state index in [1.165, 1.54) is 39.3 Å². The largest absolute Gasteiger partial charge is 0.447 e. The molecule has 0 radical (unpaired) electrons. The lowest BCUT2D eigenvalue weighted by Gasteiger charge is -2.32. The molecular weight excluding hydrogens is 642 g/mol. The van der Waals surface area contributed by atoms with Gasteiger partial charge in [-0.2, -0.15) is 13.1 Å². The Balaban J connectivity index is 0.941. The Morgan fingerprint density at radius 3 is 2.33 bits per heavy atom. The number of ether oxygens (including phenoxy) is 1. The summed E-state index contributed by atoms with van der Waals surface area (Å²) in [5, 5.41) is 6.04. The monoisotopic (exact) mass is 675 g/mol. The van der Waals surface area contributed by atoms with Crippen molar-refractivity contribution >= 4 is 45.0 Å². The molecule has 0 saturated carbocycles. The maximum Gasteiger partial charge on any atom is 0.421 e. The number of carbonyl (C=O) groups excluding carboxylic acids is 3. The SMILES string of the molecule is O=C(NS(=O)(=O)NC1CCN(C(=O)Nc2nccnc2C(=O)NC2Cc3ccccc3C2)CC1)OCCn1cnc2ccccc2c1=O. The summed E-state index contributed by atoms with van der Waals surface area (Å²) in [6.45, 7) is 0.104. The number of benzene rings is 2. The van der Waals surface area contributed by atoms with E-state index in [0.29, 0.717) is 23.7 Å². The van der Waals surface area contributed by atoms with Crippen LogP contribution < -0.4 is 25.6 Å². The number of hydrogen-bond acceptors (Lipinski definition) is 10. The molecule has 0 spiro atoms. The van der Waals surface area contributed by atoms with Gasteiger partial charge >= 0.3 is 22.3 Å². The zero-order valence-electron chi connectivity index (χ0n) is 25.7. The summed E-state index contributed by atoms with van der Waals surface area (Å²) in [4.78, 5) is 64.8. The Labute approximate surface area is 275 Å². The van der Waals surface area contributed by atoms with Crippen molar-refractivity contribution in [1.29, 1.82) is 0 Å². The van der Waals surface area contributed by atoms with Crippen LogP contribution in [0.2, 0.25) is 0 Å². The van der Waals surface area contributed by atoms with Gasteiger partial charge < -0.3 is 15.0 Å². The number of likely N-dealkylation sites (tertiary alicyclic amines) is 1. The zero-order chi connectivity index (χ0) is 33.7. The second-order valence-corrected chi connectivity index (χ2v) is 12.9. The fraction of sp³-hybridized carbons (Fsp3) is 0.323. The molecule has 0 unspecified atom stereocenters. The molecular formula is C31H33N9O7S. The number of urea groups is 1. The second kappa shape index (κ2) is 14.1. The summed E-state index contributed by atoms with van der Waals surface area (Å²) in [5.74, 6) is -0.433. The molecule has 6 rings (SSSR count). The van der Waals surface area contributed by atoms with E-state index in [2.05, 4.69) is 30.3 Å².